The molecule has 1 aromatic heterocycles. The fraction of sp³-hybridized carbons (Fsp3) is 0.273. The lowest BCUT2D eigenvalue weighted by molar-refractivity contribution is 0.419. The van der Waals surface area contributed by atoms with Gasteiger partial charge in [0.05, 0.1) is 5.69 Å². The Bertz CT molecular complexity index is 1020. The minimum atomic E-state index is -0.236. The Balaban J connectivity index is 1.62. The molecule has 1 saturated carbocycles. The summed E-state index contributed by atoms with van der Waals surface area (Å²) < 4.78 is 1.41. The van der Waals surface area contributed by atoms with Gasteiger partial charge in [-0.15, -0.1) is 0 Å². The molecule has 0 amide bonds. The van der Waals surface area contributed by atoms with Crippen molar-refractivity contribution in [1.82, 2.24) is 9.78 Å². The van der Waals surface area contributed by atoms with Gasteiger partial charge in [0, 0.05) is 21.9 Å². The number of aryl methyl sites for hydroxylation is 1. The second-order valence-electron chi connectivity index (χ2n) is 6.94. The fourth-order valence-corrected chi connectivity index (χ4v) is 4.29. The number of nitrogens with zero attached hydrogens (tertiary/aromatic N) is 2. The molecule has 1 heterocycles. The van der Waals surface area contributed by atoms with Crippen LogP contribution >= 0.6 is 11.8 Å². The van der Waals surface area contributed by atoms with Crippen LogP contribution in [-0.4, -0.2) is 9.78 Å². The number of benzene rings is 2. The lowest BCUT2D eigenvalue weighted by atomic mass is 9.80. The van der Waals surface area contributed by atoms with Crippen LogP contribution in [0.3, 0.4) is 0 Å². The molecule has 27 heavy (non-hydrogen) atoms. The van der Waals surface area contributed by atoms with E-state index in [1.807, 2.05) is 19.1 Å². The largest absolute Gasteiger partial charge is 0.394 e. The third-order valence-electron chi connectivity index (χ3n) is 5.10. The van der Waals surface area contributed by atoms with Gasteiger partial charge in [-0.3, -0.25) is 4.79 Å². The minimum absolute atomic E-state index is 0.230. The van der Waals surface area contributed by atoms with Crippen molar-refractivity contribution in [2.45, 2.75) is 48.4 Å². The smallest absolute Gasteiger partial charge is 0.289 e. The van der Waals surface area contributed by atoms with Crippen LogP contribution in [0.5, 0.6) is 0 Å². The molecule has 0 saturated heterocycles. The maximum Gasteiger partial charge on any atom is 0.289 e. The van der Waals surface area contributed by atoms with Gasteiger partial charge in [0.1, 0.15) is 5.69 Å². The number of rotatable bonds is 5. The summed E-state index contributed by atoms with van der Waals surface area (Å²) in [6, 6.07) is 18.8. The van der Waals surface area contributed by atoms with E-state index < -0.39 is 0 Å². The van der Waals surface area contributed by atoms with Crippen LogP contribution in [0.4, 0.5) is 5.69 Å². The molecule has 4 nitrogen and oxygen atoms in total. The van der Waals surface area contributed by atoms with Gasteiger partial charge >= 0.3 is 0 Å². The lowest BCUT2D eigenvalue weighted by Crippen LogP contribution is -2.24. The van der Waals surface area contributed by atoms with Crippen LogP contribution in [0.25, 0.3) is 11.3 Å². The molecule has 2 aromatic carbocycles. The van der Waals surface area contributed by atoms with Crippen molar-refractivity contribution in [3.8, 4) is 11.3 Å². The zero-order valence-corrected chi connectivity index (χ0v) is 16.2. The number of nitrogens with two attached hydrogens (primary N) is 1. The highest BCUT2D eigenvalue weighted by Crippen LogP contribution is 2.38. The zero-order chi connectivity index (χ0) is 18.8. The second-order valence-corrected chi connectivity index (χ2v) is 8.08. The molecule has 138 valence electrons. The molecule has 0 bridgehead atoms. The van der Waals surface area contributed by atoms with E-state index in [2.05, 4.69) is 41.5 Å². The van der Waals surface area contributed by atoms with E-state index in [4.69, 9.17) is 5.73 Å². The van der Waals surface area contributed by atoms with E-state index >= 15 is 0 Å². The second kappa shape index (κ2) is 7.61. The van der Waals surface area contributed by atoms with Gasteiger partial charge in [0.2, 0.25) is 0 Å². The molecule has 5 heteroatoms. The average molecular weight is 378 g/mol. The first-order valence-electron chi connectivity index (χ1n) is 9.40. The van der Waals surface area contributed by atoms with E-state index in [9.17, 15) is 4.79 Å². The predicted molar refractivity (Wildman–Crippen MR) is 111 cm³/mol. The highest BCUT2D eigenvalue weighted by Gasteiger charge is 2.19. The van der Waals surface area contributed by atoms with Gasteiger partial charge in [-0.2, -0.15) is 5.10 Å². The van der Waals surface area contributed by atoms with Crippen LogP contribution in [0, 0.1) is 0 Å². The number of hydrogen-bond donors (Lipinski definition) is 1. The Kier molecular flexibility index (Phi) is 5.03. The molecule has 0 unspecified atom stereocenters. The van der Waals surface area contributed by atoms with Crippen molar-refractivity contribution in [1.29, 1.82) is 0 Å². The van der Waals surface area contributed by atoms with Gasteiger partial charge in [-0.05, 0) is 61.6 Å². The van der Waals surface area contributed by atoms with Gasteiger partial charge in [-0.1, -0.05) is 42.4 Å². The number of nitrogen functional groups attached to an aromatic ring is 1. The summed E-state index contributed by atoms with van der Waals surface area (Å²) in [5.41, 5.74) is 9.01. The van der Waals surface area contributed by atoms with Crippen LogP contribution in [0.2, 0.25) is 0 Å². The summed E-state index contributed by atoms with van der Waals surface area (Å²) in [4.78, 5) is 14.4. The Hall–Kier alpha value is -2.53. The van der Waals surface area contributed by atoms with E-state index in [1.165, 1.54) is 34.4 Å². The molecule has 0 radical (unpaired) electrons. The van der Waals surface area contributed by atoms with Crippen LogP contribution in [0.15, 0.2) is 69.2 Å². The fourth-order valence-electron chi connectivity index (χ4n) is 3.35. The summed E-state index contributed by atoms with van der Waals surface area (Å²) in [6.45, 7) is 2.39. The number of aromatic nitrogens is 2. The summed E-state index contributed by atoms with van der Waals surface area (Å²) in [6.07, 6.45) is 3.97. The van der Waals surface area contributed by atoms with Crippen molar-refractivity contribution >= 4 is 17.4 Å². The molecule has 1 aliphatic rings. The molecular weight excluding hydrogens is 354 g/mol. The summed E-state index contributed by atoms with van der Waals surface area (Å²) in [5, 5.41) is 4.44. The maximum atomic E-state index is 12.0. The molecule has 1 fully saturated rings. The lowest BCUT2D eigenvalue weighted by Gasteiger charge is -2.26. The first-order chi connectivity index (χ1) is 13.1. The average Bonchev–Trinajstić information content (AvgIpc) is 2.63. The quantitative estimate of drug-likeness (QED) is 0.685. The molecular formula is C22H23N3OS. The molecule has 2 N–H and O–H groups in total. The van der Waals surface area contributed by atoms with Gasteiger partial charge in [0.25, 0.3) is 5.56 Å². The monoisotopic (exact) mass is 377 g/mol. The Morgan fingerprint density at radius 1 is 1.11 bits per heavy atom. The molecule has 1 aliphatic carbocycles. The highest BCUT2D eigenvalue weighted by atomic mass is 32.2. The van der Waals surface area contributed by atoms with Crippen molar-refractivity contribution in [2.24, 2.45) is 0 Å². The molecule has 0 spiro atoms. The first-order valence-corrected chi connectivity index (χ1v) is 10.2. The first kappa shape index (κ1) is 17.9. The van der Waals surface area contributed by atoms with E-state index in [-0.39, 0.29) is 11.2 Å². The van der Waals surface area contributed by atoms with Crippen LogP contribution < -0.4 is 11.3 Å². The normalized spacial score (nSPS) is 14.1. The number of hydrogen-bond acceptors (Lipinski definition) is 4. The molecule has 0 atom stereocenters. The molecule has 3 aromatic rings. The van der Waals surface area contributed by atoms with Crippen LogP contribution in [-0.2, 0) is 6.54 Å². The summed E-state index contributed by atoms with van der Waals surface area (Å²) in [5.74, 6) is 0.735. The Morgan fingerprint density at radius 3 is 2.56 bits per heavy atom. The summed E-state index contributed by atoms with van der Waals surface area (Å²) >= 11 is 1.75. The number of anilines is 1. The highest BCUT2D eigenvalue weighted by molar-refractivity contribution is 7.99. The Labute approximate surface area is 163 Å². The van der Waals surface area contributed by atoms with Crippen molar-refractivity contribution in [2.75, 3.05) is 5.73 Å². The van der Waals surface area contributed by atoms with Crippen molar-refractivity contribution < 1.29 is 0 Å². The molecule has 0 aliphatic heterocycles. The Morgan fingerprint density at radius 2 is 1.85 bits per heavy atom. The van der Waals surface area contributed by atoms with Crippen molar-refractivity contribution in [3.05, 3.63) is 70.5 Å². The third kappa shape index (κ3) is 3.78. The zero-order valence-electron chi connectivity index (χ0n) is 15.4. The summed E-state index contributed by atoms with van der Waals surface area (Å²) in [7, 11) is 0. The topological polar surface area (TPSA) is 60.9 Å². The maximum absolute atomic E-state index is 12.0. The third-order valence-corrected chi connectivity index (χ3v) is 6.08. The van der Waals surface area contributed by atoms with E-state index in [1.54, 1.807) is 17.8 Å². The standard InChI is InChI=1S/C22H23N3OS/c1-2-25-22(26)20(23)14-21(24-25)17-9-5-11-19(13-17)27-18-10-4-8-16(12-18)15-6-3-7-15/h4-5,8-15H,2-3,6-7,23H2,1H3. The van der Waals surface area contributed by atoms with Crippen LogP contribution in [0.1, 0.15) is 37.7 Å². The minimum Gasteiger partial charge on any atom is -0.394 e. The predicted octanol–water partition coefficient (Wildman–Crippen LogP) is 4.93. The van der Waals surface area contributed by atoms with E-state index in [0.717, 1.165) is 22.1 Å². The van der Waals surface area contributed by atoms with E-state index in [0.29, 0.717) is 6.54 Å². The van der Waals surface area contributed by atoms with Crippen molar-refractivity contribution in [3.63, 3.8) is 0 Å². The SMILES string of the molecule is CCn1nc(-c2cccc(Sc3cccc(C4CCC4)c3)c2)cc(N)c1=O. The van der Waals surface area contributed by atoms with Gasteiger partial charge < -0.3 is 5.73 Å². The van der Waals surface area contributed by atoms with Gasteiger partial charge in [-0.25, -0.2) is 4.68 Å². The van der Waals surface area contributed by atoms with Gasteiger partial charge in [0.15, 0.2) is 0 Å². The molecule has 4 rings (SSSR count).